The largest absolute Gasteiger partial charge is 0.479 e. The molecular weight excluding hydrogens is 272 g/mol. The molecule has 2 aromatic rings. The highest BCUT2D eigenvalue weighted by Crippen LogP contribution is 2.22. The monoisotopic (exact) mass is 288 g/mol. The van der Waals surface area contributed by atoms with Gasteiger partial charge in [-0.2, -0.15) is 5.26 Å². The van der Waals surface area contributed by atoms with E-state index in [4.69, 9.17) is 10.00 Å². The number of nitrogens with zero attached hydrogens (tertiary/aromatic N) is 1. The molecular formula is C15H16N2O2S. The fourth-order valence-corrected chi connectivity index (χ4v) is 2.36. The van der Waals surface area contributed by atoms with Gasteiger partial charge in [-0.3, -0.25) is 0 Å². The molecule has 0 amide bonds. The molecule has 0 saturated carbocycles. The van der Waals surface area contributed by atoms with Crippen molar-refractivity contribution < 1.29 is 8.95 Å². The molecule has 0 aromatic heterocycles. The number of ether oxygens (including phenoxy) is 1. The second-order valence-electron chi connectivity index (χ2n) is 4.39. The lowest BCUT2D eigenvalue weighted by atomic mass is 10.0. The maximum atomic E-state index is 10.9. The highest BCUT2D eigenvalue weighted by atomic mass is 32.2. The summed E-state index contributed by atoms with van der Waals surface area (Å²) in [6.07, 6.45) is 2.46. The smallest absolute Gasteiger partial charge is 0.174 e. The zero-order chi connectivity index (χ0) is 14.4. The van der Waals surface area contributed by atoms with Crippen LogP contribution in [0.1, 0.15) is 5.56 Å². The van der Waals surface area contributed by atoms with Gasteiger partial charge in [-0.1, -0.05) is 24.3 Å². The van der Waals surface area contributed by atoms with Crippen LogP contribution < -0.4 is 9.46 Å². The van der Waals surface area contributed by atoms with Gasteiger partial charge in [-0.15, -0.1) is 0 Å². The molecule has 0 radical (unpaired) electrons. The summed E-state index contributed by atoms with van der Waals surface area (Å²) in [6, 6.07) is 13.9. The van der Waals surface area contributed by atoms with Gasteiger partial charge in [0.25, 0.3) is 0 Å². The molecule has 0 fully saturated rings. The molecule has 0 aliphatic rings. The average molecular weight is 288 g/mol. The van der Waals surface area contributed by atoms with Gasteiger partial charge in [0.05, 0.1) is 11.0 Å². The minimum Gasteiger partial charge on any atom is -0.479 e. The van der Waals surface area contributed by atoms with Crippen molar-refractivity contribution in [1.29, 1.82) is 5.26 Å². The lowest BCUT2D eigenvalue weighted by molar-refractivity contribution is 0.368. The second-order valence-corrected chi connectivity index (χ2v) is 5.59. The van der Waals surface area contributed by atoms with Crippen LogP contribution in [0, 0.1) is 11.3 Å². The fraction of sp³-hybridized carbons (Fsp3) is 0.267. The minimum atomic E-state index is -0.966. The van der Waals surface area contributed by atoms with Crippen LogP contribution in [-0.2, 0) is 17.4 Å². The molecule has 1 unspecified atom stereocenters. The maximum absolute atomic E-state index is 10.9. The molecule has 0 bridgehead atoms. The Balaban J connectivity index is 2.10. The summed E-state index contributed by atoms with van der Waals surface area (Å²) in [5.74, 6) is 0.704. The van der Waals surface area contributed by atoms with E-state index < -0.39 is 11.0 Å². The first kappa shape index (κ1) is 14.5. The van der Waals surface area contributed by atoms with Crippen molar-refractivity contribution in [1.82, 2.24) is 4.72 Å². The quantitative estimate of drug-likeness (QED) is 0.886. The number of hydrogen-bond acceptors (Lipinski definition) is 3. The van der Waals surface area contributed by atoms with Crippen molar-refractivity contribution in [3.8, 4) is 11.8 Å². The van der Waals surface area contributed by atoms with Crippen LogP contribution in [0.2, 0.25) is 0 Å². The van der Waals surface area contributed by atoms with Gasteiger partial charge >= 0.3 is 0 Å². The van der Waals surface area contributed by atoms with Gasteiger partial charge < -0.3 is 4.74 Å². The van der Waals surface area contributed by atoms with Crippen molar-refractivity contribution in [3.63, 3.8) is 0 Å². The predicted molar refractivity (Wildman–Crippen MR) is 80.8 cm³/mol. The van der Waals surface area contributed by atoms with Crippen LogP contribution in [0.3, 0.4) is 0 Å². The van der Waals surface area contributed by atoms with E-state index in [0.29, 0.717) is 12.3 Å². The Morgan fingerprint density at radius 3 is 2.75 bits per heavy atom. The molecule has 5 heteroatoms. The second kappa shape index (κ2) is 7.04. The van der Waals surface area contributed by atoms with Crippen molar-refractivity contribution in [2.75, 3.05) is 19.4 Å². The van der Waals surface area contributed by atoms with E-state index >= 15 is 0 Å². The number of nitriles is 1. The minimum absolute atomic E-state index is 0.0589. The van der Waals surface area contributed by atoms with Crippen molar-refractivity contribution in [2.24, 2.45) is 0 Å². The Hall–Kier alpha value is -1.90. The summed E-state index contributed by atoms with van der Waals surface area (Å²) in [6.45, 7) is 0.751. The Morgan fingerprint density at radius 2 is 2.00 bits per heavy atom. The third kappa shape index (κ3) is 4.05. The van der Waals surface area contributed by atoms with E-state index in [1.807, 2.05) is 30.3 Å². The SMILES string of the molecule is CS(=O)NCCc1ccc2cc(OCC#N)ccc2c1. The molecule has 104 valence electrons. The highest BCUT2D eigenvalue weighted by molar-refractivity contribution is 7.82. The Morgan fingerprint density at radius 1 is 1.25 bits per heavy atom. The van der Waals surface area contributed by atoms with E-state index in [1.54, 1.807) is 6.26 Å². The fourth-order valence-electron chi connectivity index (χ4n) is 1.97. The Bertz CT molecular complexity index is 664. The van der Waals surface area contributed by atoms with E-state index in [9.17, 15) is 4.21 Å². The maximum Gasteiger partial charge on any atom is 0.174 e. The lowest BCUT2D eigenvalue weighted by Crippen LogP contribution is -2.18. The standard InChI is InChI=1S/C15H16N2O2S/c1-20(18)17-8-6-12-2-3-14-11-15(19-9-7-16)5-4-13(14)10-12/h2-5,10-11,17H,6,8-9H2,1H3. The van der Waals surface area contributed by atoms with E-state index in [0.717, 1.165) is 17.2 Å². The van der Waals surface area contributed by atoms with Crippen molar-refractivity contribution >= 4 is 21.8 Å². The summed E-state index contributed by atoms with van der Waals surface area (Å²) in [7, 11) is -0.966. The first-order valence-corrected chi connectivity index (χ1v) is 7.84. The molecule has 2 aromatic carbocycles. The number of benzene rings is 2. The summed E-state index contributed by atoms with van der Waals surface area (Å²) < 4.78 is 19.1. The molecule has 1 atom stereocenters. The zero-order valence-electron chi connectivity index (χ0n) is 11.3. The number of nitrogens with one attached hydrogen (secondary N) is 1. The first-order chi connectivity index (χ1) is 9.69. The van der Waals surface area contributed by atoms with Crippen LogP contribution >= 0.6 is 0 Å². The van der Waals surface area contributed by atoms with Gasteiger partial charge in [0, 0.05) is 12.8 Å². The highest BCUT2D eigenvalue weighted by Gasteiger charge is 2.00. The van der Waals surface area contributed by atoms with Crippen molar-refractivity contribution in [2.45, 2.75) is 6.42 Å². The molecule has 0 spiro atoms. The topological polar surface area (TPSA) is 62.1 Å². The number of rotatable bonds is 6. The van der Waals surface area contributed by atoms with E-state index in [2.05, 4.69) is 16.9 Å². The number of hydrogen-bond donors (Lipinski definition) is 1. The predicted octanol–water partition coefficient (Wildman–Crippen LogP) is 2.17. The van der Waals surface area contributed by atoms with Gasteiger partial charge in [-0.25, -0.2) is 8.93 Å². The molecule has 0 heterocycles. The van der Waals surface area contributed by atoms with Crippen molar-refractivity contribution in [3.05, 3.63) is 42.0 Å². The van der Waals surface area contributed by atoms with Crippen LogP contribution in [-0.4, -0.2) is 23.6 Å². The van der Waals surface area contributed by atoms with Gasteiger partial charge in [0.1, 0.15) is 11.8 Å². The Kier molecular flexibility index (Phi) is 5.10. The summed E-state index contributed by atoms with van der Waals surface area (Å²) in [5.41, 5.74) is 1.20. The first-order valence-electron chi connectivity index (χ1n) is 6.28. The van der Waals surface area contributed by atoms with E-state index in [-0.39, 0.29) is 6.61 Å². The lowest BCUT2D eigenvalue weighted by Gasteiger charge is -2.06. The average Bonchev–Trinajstić information content (AvgIpc) is 2.44. The van der Waals surface area contributed by atoms with Crippen LogP contribution in [0.25, 0.3) is 10.8 Å². The molecule has 0 saturated heterocycles. The summed E-state index contributed by atoms with van der Waals surface area (Å²) >= 11 is 0. The van der Waals surface area contributed by atoms with Gasteiger partial charge in [0.2, 0.25) is 0 Å². The van der Waals surface area contributed by atoms with Crippen LogP contribution in [0.4, 0.5) is 0 Å². The Labute approximate surface area is 121 Å². The van der Waals surface area contributed by atoms with Gasteiger partial charge in [-0.05, 0) is 34.9 Å². The third-order valence-corrected chi connectivity index (χ3v) is 3.51. The molecule has 0 aliphatic carbocycles. The molecule has 2 rings (SSSR count). The third-order valence-electron chi connectivity index (χ3n) is 2.90. The van der Waals surface area contributed by atoms with Crippen LogP contribution in [0.15, 0.2) is 36.4 Å². The van der Waals surface area contributed by atoms with Gasteiger partial charge in [0.15, 0.2) is 6.61 Å². The molecule has 1 N–H and O–H groups in total. The molecule has 0 aliphatic heterocycles. The van der Waals surface area contributed by atoms with Crippen LogP contribution in [0.5, 0.6) is 5.75 Å². The molecule has 4 nitrogen and oxygen atoms in total. The summed E-state index contributed by atoms with van der Waals surface area (Å²) in [5, 5.41) is 10.7. The normalized spacial score (nSPS) is 12.0. The van der Waals surface area contributed by atoms with E-state index in [1.165, 1.54) is 5.56 Å². The number of fused-ring (bicyclic) bond motifs is 1. The zero-order valence-corrected chi connectivity index (χ0v) is 12.1. The molecule has 20 heavy (non-hydrogen) atoms. The summed E-state index contributed by atoms with van der Waals surface area (Å²) in [4.78, 5) is 0.